The number of fused-ring (bicyclic) bond motifs is 1. The Kier molecular flexibility index (Phi) is 9.74. The number of nitrogen functional groups attached to an aromatic ring is 1. The van der Waals surface area contributed by atoms with Crippen LogP contribution in [0, 0.1) is 10.8 Å². The Morgan fingerprint density at radius 2 is 1.67 bits per heavy atom. The molecule has 1 saturated heterocycles. The van der Waals surface area contributed by atoms with Gasteiger partial charge in [-0.05, 0) is 57.5 Å². The van der Waals surface area contributed by atoms with E-state index in [2.05, 4.69) is 30.9 Å². The highest BCUT2D eigenvalue weighted by atomic mass is 79.9. The van der Waals surface area contributed by atoms with Crippen molar-refractivity contribution in [2.45, 2.75) is 66.4 Å². The second kappa shape index (κ2) is 12.1. The lowest BCUT2D eigenvalue weighted by Crippen LogP contribution is -2.27. The molecule has 0 aliphatic carbocycles. The van der Waals surface area contributed by atoms with Crippen molar-refractivity contribution in [3.8, 4) is 0 Å². The van der Waals surface area contributed by atoms with Gasteiger partial charge in [0.25, 0.3) is 0 Å². The quantitative estimate of drug-likeness (QED) is 0.167. The van der Waals surface area contributed by atoms with Gasteiger partial charge in [0, 0.05) is 6.42 Å². The molecule has 17 heteroatoms. The number of aromatic nitrogens is 4. The van der Waals surface area contributed by atoms with E-state index in [9.17, 15) is 19.3 Å². The highest BCUT2D eigenvalue weighted by molar-refractivity contribution is 9.10. The molecule has 0 aromatic carbocycles. The van der Waals surface area contributed by atoms with Gasteiger partial charge in [-0.2, -0.15) is 0 Å². The number of phosphoric acid groups is 1. The van der Waals surface area contributed by atoms with E-state index in [1.54, 1.807) is 46.1 Å². The fourth-order valence-electron chi connectivity index (χ4n) is 3.18. The van der Waals surface area contributed by atoms with Gasteiger partial charge < -0.3 is 25.1 Å². The van der Waals surface area contributed by atoms with E-state index >= 15 is 0 Å². The third kappa shape index (κ3) is 7.93. The van der Waals surface area contributed by atoms with Crippen LogP contribution in [0.25, 0.3) is 11.2 Å². The van der Waals surface area contributed by atoms with Gasteiger partial charge in [0.2, 0.25) is 13.6 Å². The van der Waals surface area contributed by atoms with Crippen molar-refractivity contribution in [3.05, 3.63) is 11.1 Å². The summed E-state index contributed by atoms with van der Waals surface area (Å²) in [6.45, 7) is 7.82. The summed E-state index contributed by atoms with van der Waals surface area (Å²) in [7, 11) is -4.46. The fraction of sp³-hybridized carbons (Fsp3) is 0.682. The van der Waals surface area contributed by atoms with E-state index in [4.69, 9.17) is 33.5 Å². The Morgan fingerprint density at radius 3 is 2.21 bits per heavy atom. The second-order valence-corrected chi connectivity index (χ2v) is 13.1. The first-order valence-electron chi connectivity index (χ1n) is 11.9. The van der Waals surface area contributed by atoms with Crippen LogP contribution in [0.2, 0.25) is 0 Å². The van der Waals surface area contributed by atoms with Gasteiger partial charge in [-0.15, -0.1) is 0 Å². The number of ether oxygens (including phenoxy) is 3. The molecule has 3 N–H and O–H groups in total. The summed E-state index contributed by atoms with van der Waals surface area (Å²) >= 11 is 3.34. The maximum Gasteiger partial charge on any atom is 0.480 e. The predicted molar refractivity (Wildman–Crippen MR) is 139 cm³/mol. The average molecular weight is 638 g/mol. The minimum atomic E-state index is -4.46. The second-order valence-electron chi connectivity index (χ2n) is 10.7. The van der Waals surface area contributed by atoms with Crippen LogP contribution < -0.4 is 5.73 Å². The van der Waals surface area contributed by atoms with Gasteiger partial charge in [0.15, 0.2) is 21.7 Å². The Labute approximate surface area is 233 Å². The number of anilines is 1. The Morgan fingerprint density at radius 1 is 1.10 bits per heavy atom. The molecular formula is C22H33BrN5O10P. The zero-order valence-corrected chi connectivity index (χ0v) is 24.9. The van der Waals surface area contributed by atoms with Crippen molar-refractivity contribution < 1.29 is 47.0 Å². The van der Waals surface area contributed by atoms with E-state index in [0.717, 1.165) is 0 Å². The predicted octanol–water partition coefficient (Wildman–Crippen LogP) is 3.07. The topological polar surface area (TPSA) is 196 Å². The number of nitrogens with two attached hydrogens (primary N) is 1. The van der Waals surface area contributed by atoms with Crippen molar-refractivity contribution in [3.63, 3.8) is 0 Å². The number of imidazole rings is 1. The number of hydrogen-bond donors (Lipinski definition) is 2. The van der Waals surface area contributed by atoms with Crippen LogP contribution in [0.4, 0.5) is 5.82 Å². The minimum Gasteiger partial charge on any atom is -0.437 e. The lowest BCUT2D eigenvalue weighted by molar-refractivity contribution is -0.163. The molecule has 0 bridgehead atoms. The largest absolute Gasteiger partial charge is 0.480 e. The van der Waals surface area contributed by atoms with Crippen LogP contribution in [0.3, 0.4) is 0 Å². The maximum absolute atomic E-state index is 13.3. The number of aliphatic hydroxyl groups is 1. The van der Waals surface area contributed by atoms with Crippen LogP contribution in [-0.4, -0.2) is 69.0 Å². The lowest BCUT2D eigenvalue weighted by atomic mass is 9.98. The van der Waals surface area contributed by atoms with Crippen LogP contribution in [0.1, 0.15) is 54.2 Å². The van der Waals surface area contributed by atoms with Crippen LogP contribution in [0.15, 0.2) is 11.1 Å². The molecule has 2 aromatic rings. The number of carbonyl (C=O) groups excluding carboxylic acids is 2. The molecule has 3 rings (SSSR count). The van der Waals surface area contributed by atoms with Crippen LogP contribution in [-0.2, 0) is 41.9 Å². The first-order chi connectivity index (χ1) is 18.0. The molecular weight excluding hydrogens is 605 g/mol. The first kappa shape index (κ1) is 31.3. The van der Waals surface area contributed by atoms with E-state index < -0.39 is 69.2 Å². The SMILES string of the molecule is CC(C)(C)C(=O)OCOP(=O)(OCOC(=O)C(C)(C)C)OC[C@H]1O[C@@H](n2c(Br)nc3c(N)ncnc32)C[C@H]1O. The number of rotatable bonds is 10. The van der Waals surface area contributed by atoms with Crippen LogP contribution >= 0.6 is 23.8 Å². The molecule has 1 aliphatic rings. The number of halogens is 1. The van der Waals surface area contributed by atoms with Crippen molar-refractivity contribution >= 4 is 52.7 Å². The molecule has 0 spiro atoms. The Bertz CT molecular complexity index is 1210. The molecule has 3 atom stereocenters. The van der Waals surface area contributed by atoms with Crippen molar-refractivity contribution in [1.82, 2.24) is 19.5 Å². The zero-order valence-electron chi connectivity index (χ0n) is 22.5. The number of phosphoric ester groups is 1. The Balaban J connectivity index is 1.67. The van der Waals surface area contributed by atoms with Crippen molar-refractivity contribution in [2.24, 2.45) is 10.8 Å². The lowest BCUT2D eigenvalue weighted by Gasteiger charge is -2.23. The highest BCUT2D eigenvalue weighted by Crippen LogP contribution is 2.50. The third-order valence-electron chi connectivity index (χ3n) is 5.38. The van der Waals surface area contributed by atoms with Gasteiger partial charge >= 0.3 is 19.8 Å². The van der Waals surface area contributed by atoms with E-state index in [-0.39, 0.29) is 12.2 Å². The number of esters is 2. The summed E-state index contributed by atoms with van der Waals surface area (Å²) in [5, 5.41) is 10.6. The highest BCUT2D eigenvalue weighted by Gasteiger charge is 2.40. The molecule has 0 unspecified atom stereocenters. The molecule has 2 aromatic heterocycles. The standard InChI is InChI=1S/C22H33BrN5O10P/c1-21(2,3)18(30)33-10-36-39(32,37-11-34-19(31)22(4,5)6)35-8-13-12(29)7-14(38-13)28-17-15(27-20(28)23)16(24)25-9-26-17/h9,12-14,29H,7-8,10-11H2,1-6H3,(H2,24,25,26)/t12-,13-,14-/m1/s1. The van der Waals surface area contributed by atoms with Crippen molar-refractivity contribution in [1.29, 1.82) is 0 Å². The number of hydrogen-bond acceptors (Lipinski definition) is 14. The molecule has 218 valence electrons. The molecule has 0 amide bonds. The van der Waals surface area contributed by atoms with Gasteiger partial charge in [0.05, 0.1) is 23.5 Å². The maximum atomic E-state index is 13.3. The van der Waals surface area contributed by atoms with Crippen molar-refractivity contribution in [2.75, 3.05) is 25.9 Å². The smallest absolute Gasteiger partial charge is 0.437 e. The summed E-state index contributed by atoms with van der Waals surface area (Å²) in [6, 6.07) is 0. The van der Waals surface area contributed by atoms with Gasteiger partial charge in [-0.25, -0.2) is 28.6 Å². The number of carbonyl (C=O) groups is 2. The molecule has 0 radical (unpaired) electrons. The molecule has 3 heterocycles. The molecule has 1 aliphatic heterocycles. The fourth-order valence-corrected chi connectivity index (χ4v) is 4.67. The normalized spacial score (nSPS) is 20.4. The van der Waals surface area contributed by atoms with E-state index in [1.807, 2.05) is 0 Å². The van der Waals surface area contributed by atoms with Gasteiger partial charge in [0.1, 0.15) is 18.7 Å². The van der Waals surface area contributed by atoms with Crippen LogP contribution in [0.5, 0.6) is 0 Å². The number of aliphatic hydroxyl groups excluding tert-OH is 1. The third-order valence-corrected chi connectivity index (χ3v) is 7.25. The van der Waals surface area contributed by atoms with E-state index in [0.29, 0.717) is 15.9 Å². The average Bonchev–Trinajstić information content (AvgIpc) is 3.35. The van der Waals surface area contributed by atoms with E-state index in [1.165, 1.54) is 6.33 Å². The molecule has 0 saturated carbocycles. The Hall–Kier alpha value is -2.20. The number of nitrogens with zero attached hydrogens (tertiary/aromatic N) is 4. The summed E-state index contributed by atoms with van der Waals surface area (Å²) in [6.07, 6.45) is -1.37. The molecule has 15 nitrogen and oxygen atoms in total. The zero-order chi connectivity index (χ0) is 29.2. The summed E-state index contributed by atoms with van der Waals surface area (Å²) < 4.78 is 46.8. The molecule has 39 heavy (non-hydrogen) atoms. The molecule has 1 fully saturated rings. The van der Waals surface area contributed by atoms with Gasteiger partial charge in [-0.1, -0.05) is 0 Å². The summed E-state index contributed by atoms with van der Waals surface area (Å²) in [4.78, 5) is 36.5. The summed E-state index contributed by atoms with van der Waals surface area (Å²) in [5.74, 6) is -1.06. The minimum absolute atomic E-state index is 0.112. The first-order valence-corrected chi connectivity index (χ1v) is 14.1. The monoisotopic (exact) mass is 637 g/mol. The van der Waals surface area contributed by atoms with Gasteiger partial charge in [-0.3, -0.25) is 18.7 Å². The summed E-state index contributed by atoms with van der Waals surface area (Å²) in [5.41, 5.74) is 4.93.